The lowest BCUT2D eigenvalue weighted by Gasteiger charge is -2.07. The number of hydrazone groups is 2. The first-order valence-corrected chi connectivity index (χ1v) is 8.17. The highest BCUT2D eigenvalue weighted by molar-refractivity contribution is 5.87. The first-order chi connectivity index (χ1) is 13.6. The van der Waals surface area contributed by atoms with Crippen molar-refractivity contribution < 1.29 is 23.7 Å². The summed E-state index contributed by atoms with van der Waals surface area (Å²) < 4.78 is 20.8. The van der Waals surface area contributed by atoms with E-state index in [1.54, 1.807) is 64.8 Å². The normalized spacial score (nSPS) is 10.7. The van der Waals surface area contributed by atoms with E-state index in [9.17, 15) is 4.79 Å². The molecule has 0 radical (unpaired) electrons. The first-order valence-electron chi connectivity index (χ1n) is 8.17. The van der Waals surface area contributed by atoms with E-state index in [2.05, 4.69) is 21.1 Å². The predicted octanol–water partition coefficient (Wildman–Crippen LogP) is 2.39. The highest BCUT2D eigenvalue weighted by atomic mass is 16.5. The van der Waals surface area contributed by atoms with Crippen molar-refractivity contribution in [2.24, 2.45) is 10.2 Å². The van der Waals surface area contributed by atoms with Gasteiger partial charge in [-0.15, -0.1) is 0 Å². The number of nitrogens with one attached hydrogen (secondary N) is 2. The van der Waals surface area contributed by atoms with Crippen LogP contribution >= 0.6 is 0 Å². The topological polar surface area (TPSA) is 103 Å². The van der Waals surface area contributed by atoms with Crippen LogP contribution in [0.4, 0.5) is 4.79 Å². The molecule has 0 aliphatic carbocycles. The van der Waals surface area contributed by atoms with Gasteiger partial charge in [-0.2, -0.15) is 10.2 Å². The van der Waals surface area contributed by atoms with Crippen LogP contribution in [-0.4, -0.2) is 46.9 Å². The van der Waals surface area contributed by atoms with E-state index < -0.39 is 6.03 Å². The van der Waals surface area contributed by atoms with Crippen molar-refractivity contribution in [2.75, 3.05) is 28.4 Å². The maximum absolute atomic E-state index is 11.8. The number of nitrogens with zero attached hydrogens (tertiary/aromatic N) is 2. The number of carbonyl (C=O) groups is 1. The first kappa shape index (κ1) is 20.6. The Morgan fingerprint density at radius 3 is 1.54 bits per heavy atom. The monoisotopic (exact) mass is 386 g/mol. The Morgan fingerprint density at radius 1 is 0.750 bits per heavy atom. The zero-order chi connectivity index (χ0) is 20.4. The van der Waals surface area contributed by atoms with E-state index in [0.717, 1.165) is 0 Å². The zero-order valence-corrected chi connectivity index (χ0v) is 16.1. The van der Waals surface area contributed by atoms with E-state index in [4.69, 9.17) is 18.9 Å². The summed E-state index contributed by atoms with van der Waals surface area (Å²) in [4.78, 5) is 11.8. The zero-order valence-electron chi connectivity index (χ0n) is 16.1. The minimum absolute atomic E-state index is 0.592. The largest absolute Gasteiger partial charge is 0.497 e. The molecule has 9 nitrogen and oxygen atoms in total. The SMILES string of the molecule is COc1ccc(OC)c(/C=N\NC(=O)N/N=C/c2cc(OC)ccc2OC)c1. The van der Waals surface area contributed by atoms with Crippen LogP contribution in [0.5, 0.6) is 23.0 Å². The number of hydrogen-bond donors (Lipinski definition) is 2. The third-order valence-corrected chi connectivity index (χ3v) is 3.61. The van der Waals surface area contributed by atoms with Crippen LogP contribution in [-0.2, 0) is 0 Å². The molecule has 9 heteroatoms. The van der Waals surface area contributed by atoms with E-state index >= 15 is 0 Å². The Morgan fingerprint density at radius 2 is 1.18 bits per heavy atom. The fourth-order valence-corrected chi connectivity index (χ4v) is 2.23. The second kappa shape index (κ2) is 10.4. The molecule has 0 saturated carbocycles. The second-order valence-electron chi connectivity index (χ2n) is 5.28. The van der Waals surface area contributed by atoms with Gasteiger partial charge in [-0.25, -0.2) is 15.6 Å². The predicted molar refractivity (Wildman–Crippen MR) is 106 cm³/mol. The highest BCUT2D eigenvalue weighted by Crippen LogP contribution is 2.23. The summed E-state index contributed by atoms with van der Waals surface area (Å²) in [5.41, 5.74) is 5.91. The van der Waals surface area contributed by atoms with Crippen LogP contribution in [0.15, 0.2) is 46.6 Å². The third-order valence-electron chi connectivity index (χ3n) is 3.61. The molecule has 0 bridgehead atoms. The highest BCUT2D eigenvalue weighted by Gasteiger charge is 2.04. The molecule has 0 aromatic heterocycles. The molecule has 0 spiro atoms. The third kappa shape index (κ3) is 5.63. The summed E-state index contributed by atoms with van der Waals surface area (Å²) in [6.07, 6.45) is 2.88. The van der Waals surface area contributed by atoms with Crippen LogP contribution in [0.1, 0.15) is 11.1 Å². The molecule has 2 amide bonds. The lowest BCUT2D eigenvalue weighted by molar-refractivity contribution is 0.242. The summed E-state index contributed by atoms with van der Waals surface area (Å²) in [5, 5.41) is 7.74. The molecular weight excluding hydrogens is 364 g/mol. The number of methoxy groups -OCH3 is 4. The molecule has 0 atom stereocenters. The van der Waals surface area contributed by atoms with Gasteiger partial charge in [-0.3, -0.25) is 0 Å². The number of ether oxygens (including phenoxy) is 4. The Kier molecular flexibility index (Phi) is 7.64. The van der Waals surface area contributed by atoms with Crippen molar-refractivity contribution in [3.05, 3.63) is 47.5 Å². The number of amides is 2. The summed E-state index contributed by atoms with van der Waals surface area (Å²) in [6, 6.07) is 9.86. The van der Waals surface area contributed by atoms with E-state index in [-0.39, 0.29) is 0 Å². The Labute approximate surface area is 162 Å². The number of carbonyl (C=O) groups excluding carboxylic acids is 1. The number of urea groups is 1. The summed E-state index contributed by atoms with van der Waals surface area (Å²) >= 11 is 0. The molecule has 0 saturated heterocycles. The van der Waals surface area contributed by atoms with Gasteiger partial charge in [0.05, 0.1) is 40.9 Å². The van der Waals surface area contributed by atoms with E-state index in [0.29, 0.717) is 34.1 Å². The molecule has 0 heterocycles. The minimum Gasteiger partial charge on any atom is -0.497 e. The fourth-order valence-electron chi connectivity index (χ4n) is 2.23. The minimum atomic E-state index is -0.615. The summed E-state index contributed by atoms with van der Waals surface area (Å²) in [5.74, 6) is 2.47. The smallest absolute Gasteiger partial charge is 0.355 e. The van der Waals surface area contributed by atoms with Crippen molar-refractivity contribution in [3.8, 4) is 23.0 Å². The number of hydrogen-bond acceptors (Lipinski definition) is 7. The van der Waals surface area contributed by atoms with Gasteiger partial charge in [-0.05, 0) is 36.4 Å². The fraction of sp³-hybridized carbons (Fsp3) is 0.211. The maximum Gasteiger partial charge on any atom is 0.355 e. The molecule has 28 heavy (non-hydrogen) atoms. The average Bonchev–Trinajstić information content (AvgIpc) is 2.73. The van der Waals surface area contributed by atoms with Crippen molar-refractivity contribution in [1.29, 1.82) is 0 Å². The van der Waals surface area contributed by atoms with Crippen LogP contribution in [0.3, 0.4) is 0 Å². The quantitative estimate of drug-likeness (QED) is 0.536. The van der Waals surface area contributed by atoms with E-state index in [1.165, 1.54) is 12.4 Å². The lowest BCUT2D eigenvalue weighted by Crippen LogP contribution is -2.28. The Hall–Kier alpha value is -3.75. The number of benzene rings is 2. The summed E-state index contributed by atoms with van der Waals surface area (Å²) in [7, 11) is 6.20. The molecule has 0 aliphatic rings. The van der Waals surface area contributed by atoms with Crippen LogP contribution in [0.25, 0.3) is 0 Å². The molecule has 148 valence electrons. The maximum atomic E-state index is 11.8. The molecule has 2 rings (SSSR count). The van der Waals surface area contributed by atoms with E-state index in [1.807, 2.05) is 0 Å². The van der Waals surface area contributed by atoms with Crippen LogP contribution < -0.4 is 29.8 Å². The van der Waals surface area contributed by atoms with Crippen molar-refractivity contribution in [3.63, 3.8) is 0 Å². The van der Waals surface area contributed by atoms with Gasteiger partial charge in [0.15, 0.2) is 0 Å². The van der Waals surface area contributed by atoms with Crippen molar-refractivity contribution in [2.45, 2.75) is 0 Å². The molecule has 0 aliphatic heterocycles. The Balaban J connectivity index is 1.96. The standard InChI is InChI=1S/C19H22N4O5/c1-25-15-5-7-17(27-3)13(9-15)11-20-22-19(24)23-21-12-14-10-16(26-2)6-8-18(14)28-4/h5-12H,1-4H3,(H2,22,23,24)/b20-11-,21-12+. The summed E-state index contributed by atoms with van der Waals surface area (Å²) in [6.45, 7) is 0. The van der Waals surface area contributed by atoms with Gasteiger partial charge < -0.3 is 18.9 Å². The van der Waals surface area contributed by atoms with Gasteiger partial charge in [0.25, 0.3) is 0 Å². The molecule has 2 N–H and O–H groups in total. The molecule has 0 unspecified atom stereocenters. The Bertz CT molecular complexity index is 798. The van der Waals surface area contributed by atoms with Gasteiger partial charge >= 0.3 is 6.03 Å². The van der Waals surface area contributed by atoms with Gasteiger partial charge in [-0.1, -0.05) is 0 Å². The van der Waals surface area contributed by atoms with Gasteiger partial charge in [0.1, 0.15) is 23.0 Å². The lowest BCUT2D eigenvalue weighted by atomic mass is 10.2. The molecular formula is C19H22N4O5. The van der Waals surface area contributed by atoms with Gasteiger partial charge in [0.2, 0.25) is 0 Å². The van der Waals surface area contributed by atoms with Crippen LogP contribution in [0.2, 0.25) is 0 Å². The van der Waals surface area contributed by atoms with Gasteiger partial charge in [0, 0.05) is 11.1 Å². The number of rotatable bonds is 8. The second-order valence-corrected chi connectivity index (χ2v) is 5.28. The van der Waals surface area contributed by atoms with Crippen LogP contribution in [0, 0.1) is 0 Å². The molecule has 2 aromatic carbocycles. The molecule has 0 fully saturated rings. The molecule has 2 aromatic rings. The van der Waals surface area contributed by atoms with Crippen molar-refractivity contribution in [1.82, 2.24) is 10.9 Å². The van der Waals surface area contributed by atoms with Crippen molar-refractivity contribution >= 4 is 18.5 Å². The average molecular weight is 386 g/mol.